The highest BCUT2D eigenvalue weighted by Crippen LogP contribution is 2.37. The molecule has 0 aliphatic rings. The second-order valence-corrected chi connectivity index (χ2v) is 3.64. The highest BCUT2D eigenvalue weighted by molar-refractivity contribution is 5.98. The predicted octanol–water partition coefficient (Wildman–Crippen LogP) is 3.36. The zero-order chi connectivity index (χ0) is 13.3. The molecule has 0 bridgehead atoms. The lowest BCUT2D eigenvalue weighted by atomic mass is 10.1. The maximum absolute atomic E-state index is 13.0. The number of esters is 1. The predicted molar refractivity (Wildman–Crippen MR) is 59.3 cm³/mol. The van der Waals surface area contributed by atoms with Gasteiger partial charge in [0.15, 0.2) is 0 Å². The molecule has 96 valence electrons. The number of alkyl halides is 3. The lowest BCUT2D eigenvalue weighted by molar-refractivity contribution is -0.136. The molecule has 1 N–H and O–H groups in total. The first kappa shape index (κ1) is 12.5. The minimum absolute atomic E-state index is 0.0193. The van der Waals surface area contributed by atoms with Gasteiger partial charge >= 0.3 is 12.1 Å². The van der Waals surface area contributed by atoms with Gasteiger partial charge in [0.1, 0.15) is 5.69 Å². The summed E-state index contributed by atoms with van der Waals surface area (Å²) in [6.45, 7) is 1.55. The van der Waals surface area contributed by atoms with Crippen LogP contribution in [-0.4, -0.2) is 17.6 Å². The Hall–Kier alpha value is -1.98. The number of hydrogen-bond donors (Lipinski definition) is 1. The molecule has 0 amide bonds. The molecule has 0 unspecified atom stereocenters. The highest BCUT2D eigenvalue weighted by atomic mass is 19.4. The van der Waals surface area contributed by atoms with Gasteiger partial charge in [0.25, 0.3) is 0 Å². The number of hydrogen-bond acceptors (Lipinski definition) is 2. The van der Waals surface area contributed by atoms with Crippen molar-refractivity contribution in [2.75, 3.05) is 6.61 Å². The monoisotopic (exact) mass is 257 g/mol. The molecule has 3 nitrogen and oxygen atoms in total. The van der Waals surface area contributed by atoms with Crippen LogP contribution in [0.5, 0.6) is 0 Å². The van der Waals surface area contributed by atoms with Crippen molar-refractivity contribution >= 4 is 16.9 Å². The van der Waals surface area contributed by atoms with E-state index in [1.54, 1.807) is 6.07 Å². The third-order valence-corrected chi connectivity index (χ3v) is 2.47. The molecular formula is C12H10F3NO2. The summed E-state index contributed by atoms with van der Waals surface area (Å²) in [7, 11) is 0. The molecule has 6 heteroatoms. The Morgan fingerprint density at radius 1 is 1.33 bits per heavy atom. The fourth-order valence-electron chi connectivity index (χ4n) is 1.79. The van der Waals surface area contributed by atoms with E-state index in [9.17, 15) is 18.0 Å². The van der Waals surface area contributed by atoms with Crippen LogP contribution < -0.4 is 0 Å². The largest absolute Gasteiger partial charge is 0.461 e. The number of para-hydroxylation sites is 1. The van der Waals surface area contributed by atoms with Gasteiger partial charge in [-0.25, -0.2) is 4.79 Å². The molecule has 0 fully saturated rings. The number of H-pyrrole nitrogens is 1. The second-order valence-electron chi connectivity index (χ2n) is 3.64. The Labute approximate surface area is 101 Å². The van der Waals surface area contributed by atoms with E-state index in [2.05, 4.69) is 9.72 Å². The van der Waals surface area contributed by atoms with E-state index >= 15 is 0 Å². The topological polar surface area (TPSA) is 42.1 Å². The summed E-state index contributed by atoms with van der Waals surface area (Å²) in [4.78, 5) is 14.0. The Kier molecular flexibility index (Phi) is 3.02. The van der Waals surface area contributed by atoms with E-state index in [1.165, 1.54) is 25.1 Å². The van der Waals surface area contributed by atoms with Gasteiger partial charge in [0, 0.05) is 10.9 Å². The SMILES string of the molecule is CCOC(=O)c1[nH]c2ccccc2c1C(F)(F)F. The van der Waals surface area contributed by atoms with Crippen LogP contribution in [0.2, 0.25) is 0 Å². The average Bonchev–Trinajstić information content (AvgIpc) is 2.68. The van der Waals surface area contributed by atoms with Gasteiger partial charge in [-0.2, -0.15) is 13.2 Å². The minimum atomic E-state index is -4.61. The van der Waals surface area contributed by atoms with Crippen LogP contribution in [0.15, 0.2) is 24.3 Å². The van der Waals surface area contributed by atoms with E-state index < -0.39 is 23.4 Å². The number of halogens is 3. The molecule has 2 aromatic rings. The molecule has 1 aromatic heterocycles. The van der Waals surface area contributed by atoms with Crippen molar-refractivity contribution in [3.8, 4) is 0 Å². The third kappa shape index (κ3) is 2.05. The van der Waals surface area contributed by atoms with Crippen molar-refractivity contribution in [2.45, 2.75) is 13.1 Å². The standard InChI is InChI=1S/C12H10F3NO2/c1-2-18-11(17)10-9(12(13,14)15)7-5-3-4-6-8(7)16-10/h3-6,16H,2H2,1H3. The fourth-order valence-corrected chi connectivity index (χ4v) is 1.79. The van der Waals surface area contributed by atoms with E-state index in [1.807, 2.05) is 0 Å². The van der Waals surface area contributed by atoms with Gasteiger partial charge in [-0.1, -0.05) is 18.2 Å². The summed E-state index contributed by atoms with van der Waals surface area (Å²) in [5.41, 5.74) is -1.27. The molecule has 2 rings (SSSR count). The molecule has 1 aromatic carbocycles. The van der Waals surface area contributed by atoms with Crippen LogP contribution >= 0.6 is 0 Å². The number of aromatic amines is 1. The molecule has 0 atom stereocenters. The number of aromatic nitrogens is 1. The lowest BCUT2D eigenvalue weighted by Crippen LogP contribution is -2.14. The quantitative estimate of drug-likeness (QED) is 0.838. The van der Waals surface area contributed by atoms with Crippen LogP contribution in [0.4, 0.5) is 13.2 Å². The van der Waals surface area contributed by atoms with Crippen molar-refractivity contribution in [1.82, 2.24) is 4.98 Å². The summed E-state index contributed by atoms with van der Waals surface area (Å²) in [6.07, 6.45) is -4.61. The second kappa shape index (κ2) is 4.36. The molecular weight excluding hydrogens is 247 g/mol. The molecule has 0 aliphatic heterocycles. The number of carbonyl (C=O) groups excluding carboxylic acids is 1. The molecule has 0 saturated carbocycles. The zero-order valence-corrected chi connectivity index (χ0v) is 9.47. The van der Waals surface area contributed by atoms with Gasteiger partial charge in [-0.15, -0.1) is 0 Å². The number of rotatable bonds is 2. The fraction of sp³-hybridized carbons (Fsp3) is 0.250. The minimum Gasteiger partial charge on any atom is -0.461 e. The van der Waals surface area contributed by atoms with Crippen LogP contribution in [0.3, 0.4) is 0 Å². The zero-order valence-electron chi connectivity index (χ0n) is 9.47. The van der Waals surface area contributed by atoms with Gasteiger partial charge in [-0.3, -0.25) is 0 Å². The summed E-state index contributed by atoms with van der Waals surface area (Å²) in [6, 6.07) is 5.87. The third-order valence-electron chi connectivity index (χ3n) is 2.47. The Bertz CT molecular complexity index is 587. The maximum Gasteiger partial charge on any atom is 0.419 e. The van der Waals surface area contributed by atoms with Gasteiger partial charge in [-0.05, 0) is 13.0 Å². The normalized spacial score (nSPS) is 11.8. The first-order valence-corrected chi connectivity index (χ1v) is 5.30. The van der Waals surface area contributed by atoms with E-state index in [4.69, 9.17) is 0 Å². The highest BCUT2D eigenvalue weighted by Gasteiger charge is 2.39. The summed E-state index contributed by atoms with van der Waals surface area (Å²) >= 11 is 0. The van der Waals surface area contributed by atoms with E-state index in [0.29, 0.717) is 0 Å². The maximum atomic E-state index is 13.0. The van der Waals surface area contributed by atoms with Crippen LogP contribution in [0, 0.1) is 0 Å². The number of benzene rings is 1. The first-order chi connectivity index (χ1) is 8.45. The summed E-state index contributed by atoms with van der Waals surface area (Å²) in [5, 5.41) is -0.0342. The Morgan fingerprint density at radius 3 is 2.61 bits per heavy atom. The molecule has 0 spiro atoms. The Morgan fingerprint density at radius 2 is 2.00 bits per heavy atom. The smallest absolute Gasteiger partial charge is 0.419 e. The molecule has 0 aliphatic carbocycles. The van der Waals surface area contributed by atoms with Gasteiger partial charge in [0.2, 0.25) is 0 Å². The van der Waals surface area contributed by atoms with Crippen molar-refractivity contribution in [2.24, 2.45) is 0 Å². The summed E-state index contributed by atoms with van der Waals surface area (Å²) in [5.74, 6) is -0.999. The molecule has 0 saturated heterocycles. The van der Waals surface area contributed by atoms with Crippen LogP contribution in [0.1, 0.15) is 23.0 Å². The number of fused-ring (bicyclic) bond motifs is 1. The van der Waals surface area contributed by atoms with E-state index in [-0.39, 0.29) is 17.5 Å². The average molecular weight is 257 g/mol. The van der Waals surface area contributed by atoms with Crippen molar-refractivity contribution in [3.05, 3.63) is 35.5 Å². The van der Waals surface area contributed by atoms with Crippen LogP contribution in [0.25, 0.3) is 10.9 Å². The number of ether oxygens (including phenoxy) is 1. The van der Waals surface area contributed by atoms with Gasteiger partial charge in [0.05, 0.1) is 12.2 Å². The molecule has 1 heterocycles. The molecule has 0 radical (unpaired) electrons. The molecule has 18 heavy (non-hydrogen) atoms. The van der Waals surface area contributed by atoms with Gasteiger partial charge < -0.3 is 9.72 Å². The summed E-state index contributed by atoms with van der Waals surface area (Å²) < 4.78 is 43.6. The van der Waals surface area contributed by atoms with Crippen LogP contribution in [-0.2, 0) is 10.9 Å². The Balaban J connectivity index is 2.68. The van der Waals surface area contributed by atoms with Crippen molar-refractivity contribution in [3.63, 3.8) is 0 Å². The number of nitrogens with one attached hydrogen (secondary N) is 1. The lowest BCUT2D eigenvalue weighted by Gasteiger charge is -2.08. The number of carbonyl (C=O) groups is 1. The van der Waals surface area contributed by atoms with Crippen molar-refractivity contribution in [1.29, 1.82) is 0 Å². The van der Waals surface area contributed by atoms with Crippen molar-refractivity contribution < 1.29 is 22.7 Å². The van der Waals surface area contributed by atoms with E-state index in [0.717, 1.165) is 0 Å². The first-order valence-electron chi connectivity index (χ1n) is 5.30.